The van der Waals surface area contributed by atoms with Crippen LogP contribution in [0.2, 0.25) is 0 Å². The Bertz CT molecular complexity index is 1160. The molecule has 3 aromatic carbocycles. The largest absolute Gasteiger partial charge is 0.493 e. The van der Waals surface area contributed by atoms with Crippen LogP contribution in [0.3, 0.4) is 0 Å². The molecule has 7 nitrogen and oxygen atoms in total. The fourth-order valence-electron chi connectivity index (χ4n) is 3.32. The quantitative estimate of drug-likeness (QED) is 0.390. The van der Waals surface area contributed by atoms with Crippen LogP contribution in [0.1, 0.15) is 28.1 Å². The highest BCUT2D eigenvalue weighted by molar-refractivity contribution is 5.85. The van der Waals surface area contributed by atoms with Gasteiger partial charge in [0.05, 0.1) is 12.8 Å². The van der Waals surface area contributed by atoms with E-state index in [0.29, 0.717) is 17.3 Å². The number of nitrogens with zero attached hydrogens (tertiary/aromatic N) is 4. The van der Waals surface area contributed by atoms with E-state index in [1.807, 2.05) is 49.4 Å². The van der Waals surface area contributed by atoms with E-state index in [1.165, 1.54) is 16.7 Å². The molecule has 0 radical (unpaired) electrons. The Balaban J connectivity index is 0.00000306. The van der Waals surface area contributed by atoms with Gasteiger partial charge in [0.15, 0.2) is 23.9 Å². The zero-order chi connectivity index (χ0) is 22.3. The molecule has 0 aliphatic carbocycles. The van der Waals surface area contributed by atoms with Crippen molar-refractivity contribution < 1.29 is 9.47 Å². The molecule has 1 heterocycles. The average Bonchev–Trinajstić information content (AvgIpc) is 3.28. The number of aryl methyl sites for hydroxylation is 2. The van der Waals surface area contributed by atoms with Crippen molar-refractivity contribution >= 4 is 12.4 Å². The molecule has 1 aromatic heterocycles. The lowest BCUT2D eigenvalue weighted by molar-refractivity contribution is 0.273. The molecular weight excluding hydrogens is 438 g/mol. The Morgan fingerprint density at radius 2 is 1.45 bits per heavy atom. The Hall–Kier alpha value is -3.42. The minimum Gasteiger partial charge on any atom is -0.493 e. The molecule has 0 saturated heterocycles. The molecule has 0 saturated carbocycles. The normalized spacial score (nSPS) is 10.5. The van der Waals surface area contributed by atoms with E-state index in [4.69, 9.17) is 9.47 Å². The molecular formula is C25H28ClN5O2. The molecule has 0 amide bonds. The highest BCUT2D eigenvalue weighted by Gasteiger charge is 2.12. The van der Waals surface area contributed by atoms with Crippen molar-refractivity contribution in [3.63, 3.8) is 0 Å². The molecule has 1 N–H and O–H groups in total. The fraction of sp³-hybridized carbons (Fsp3) is 0.240. The molecule has 0 unspecified atom stereocenters. The Morgan fingerprint density at radius 1 is 0.818 bits per heavy atom. The summed E-state index contributed by atoms with van der Waals surface area (Å²) in [5.41, 5.74) is 5.71. The number of nitrogens with one attached hydrogen (secondary N) is 1. The van der Waals surface area contributed by atoms with Crippen LogP contribution >= 0.6 is 12.4 Å². The maximum absolute atomic E-state index is 5.99. The minimum atomic E-state index is 0. The lowest BCUT2D eigenvalue weighted by Gasteiger charge is -2.13. The van der Waals surface area contributed by atoms with E-state index in [2.05, 4.69) is 52.0 Å². The second-order valence-electron chi connectivity index (χ2n) is 7.71. The second kappa shape index (κ2) is 11.4. The molecule has 4 rings (SSSR count). The zero-order valence-electron chi connectivity index (χ0n) is 19.0. The first-order valence-corrected chi connectivity index (χ1v) is 10.5. The summed E-state index contributed by atoms with van der Waals surface area (Å²) in [6.45, 7) is 5.90. The molecule has 8 heteroatoms. The fourth-order valence-corrected chi connectivity index (χ4v) is 3.32. The van der Waals surface area contributed by atoms with E-state index >= 15 is 0 Å². The summed E-state index contributed by atoms with van der Waals surface area (Å²) in [5.74, 6) is 1.93. The number of aromatic nitrogens is 4. The third kappa shape index (κ3) is 6.31. The van der Waals surface area contributed by atoms with Crippen molar-refractivity contribution in [2.75, 3.05) is 7.11 Å². The van der Waals surface area contributed by atoms with Gasteiger partial charge in [-0.1, -0.05) is 53.6 Å². The molecule has 0 aliphatic heterocycles. The van der Waals surface area contributed by atoms with Gasteiger partial charge in [-0.25, -0.2) is 0 Å². The lowest BCUT2D eigenvalue weighted by atomic mass is 10.1. The molecule has 0 bridgehead atoms. The van der Waals surface area contributed by atoms with Crippen LogP contribution in [0.4, 0.5) is 0 Å². The summed E-state index contributed by atoms with van der Waals surface area (Å²) in [4.78, 5) is 0. The van der Waals surface area contributed by atoms with Crippen LogP contribution in [-0.2, 0) is 19.7 Å². The van der Waals surface area contributed by atoms with Crippen LogP contribution in [0.15, 0.2) is 66.7 Å². The summed E-state index contributed by atoms with van der Waals surface area (Å²) in [5, 5.41) is 15.5. The third-order valence-corrected chi connectivity index (χ3v) is 5.18. The average molecular weight is 466 g/mol. The Kier molecular flexibility index (Phi) is 8.40. The summed E-state index contributed by atoms with van der Waals surface area (Å²) < 4.78 is 13.2. The van der Waals surface area contributed by atoms with E-state index in [0.717, 1.165) is 24.3 Å². The number of ether oxygens (including phenoxy) is 2. The number of hydrogen-bond donors (Lipinski definition) is 1. The number of methoxy groups -OCH3 is 1. The summed E-state index contributed by atoms with van der Waals surface area (Å²) in [6.07, 6.45) is 0. The monoisotopic (exact) mass is 465 g/mol. The second-order valence-corrected chi connectivity index (χ2v) is 7.71. The molecule has 0 atom stereocenters. The standard InChI is InChI=1S/C25H27N5O2.ClH/c1-18-4-8-20(9-5-18)15-26-16-21-10-13-23(24(14-21)31-3)32-17-25-27-28-29-30(25)22-11-6-19(2)7-12-22;/h4-14,26H,15-17H2,1-3H3;1H. The van der Waals surface area contributed by atoms with Gasteiger partial charge in [-0.2, -0.15) is 4.68 Å². The zero-order valence-corrected chi connectivity index (χ0v) is 19.8. The Morgan fingerprint density at radius 3 is 2.15 bits per heavy atom. The first-order chi connectivity index (χ1) is 15.6. The van der Waals surface area contributed by atoms with Gasteiger partial charge in [0.25, 0.3) is 0 Å². The first-order valence-electron chi connectivity index (χ1n) is 10.5. The van der Waals surface area contributed by atoms with Gasteiger partial charge < -0.3 is 14.8 Å². The molecule has 172 valence electrons. The maximum atomic E-state index is 5.99. The van der Waals surface area contributed by atoms with Crippen molar-refractivity contribution in [2.45, 2.75) is 33.5 Å². The molecule has 4 aromatic rings. The van der Waals surface area contributed by atoms with E-state index < -0.39 is 0 Å². The van der Waals surface area contributed by atoms with Gasteiger partial charge in [-0.05, 0) is 59.7 Å². The predicted octanol–water partition coefficient (Wildman–Crippen LogP) is 4.58. The van der Waals surface area contributed by atoms with Crippen molar-refractivity contribution in [1.29, 1.82) is 0 Å². The summed E-state index contributed by atoms with van der Waals surface area (Å²) in [7, 11) is 1.64. The van der Waals surface area contributed by atoms with Crippen molar-refractivity contribution in [3.05, 3.63) is 94.8 Å². The van der Waals surface area contributed by atoms with E-state index in [-0.39, 0.29) is 19.0 Å². The van der Waals surface area contributed by atoms with Crippen LogP contribution in [0, 0.1) is 13.8 Å². The highest BCUT2D eigenvalue weighted by Crippen LogP contribution is 2.29. The van der Waals surface area contributed by atoms with Gasteiger partial charge in [-0.15, -0.1) is 17.5 Å². The van der Waals surface area contributed by atoms with Crippen LogP contribution in [0.5, 0.6) is 11.5 Å². The molecule has 0 aliphatic rings. The smallest absolute Gasteiger partial charge is 0.194 e. The molecule has 0 spiro atoms. The number of benzene rings is 3. The lowest BCUT2D eigenvalue weighted by Crippen LogP contribution is -2.13. The van der Waals surface area contributed by atoms with Crippen molar-refractivity contribution in [1.82, 2.24) is 25.5 Å². The highest BCUT2D eigenvalue weighted by atomic mass is 35.5. The summed E-state index contributed by atoms with van der Waals surface area (Å²) >= 11 is 0. The van der Waals surface area contributed by atoms with Crippen LogP contribution in [0.25, 0.3) is 5.69 Å². The van der Waals surface area contributed by atoms with Gasteiger partial charge in [0, 0.05) is 13.1 Å². The molecule has 33 heavy (non-hydrogen) atoms. The van der Waals surface area contributed by atoms with Crippen molar-refractivity contribution in [2.24, 2.45) is 0 Å². The van der Waals surface area contributed by atoms with Gasteiger partial charge >= 0.3 is 0 Å². The topological polar surface area (TPSA) is 74.1 Å². The van der Waals surface area contributed by atoms with Crippen molar-refractivity contribution in [3.8, 4) is 17.2 Å². The summed E-state index contributed by atoms with van der Waals surface area (Å²) in [6, 6.07) is 22.5. The SMILES string of the molecule is COc1cc(CNCc2ccc(C)cc2)ccc1OCc1nnnn1-c1ccc(C)cc1.Cl. The minimum absolute atomic E-state index is 0. The van der Waals surface area contributed by atoms with Crippen LogP contribution in [-0.4, -0.2) is 27.3 Å². The predicted molar refractivity (Wildman–Crippen MR) is 130 cm³/mol. The molecule has 0 fully saturated rings. The number of hydrogen-bond acceptors (Lipinski definition) is 6. The van der Waals surface area contributed by atoms with Gasteiger partial charge in [0.1, 0.15) is 0 Å². The maximum Gasteiger partial charge on any atom is 0.194 e. The van der Waals surface area contributed by atoms with Gasteiger partial charge in [0.2, 0.25) is 0 Å². The number of rotatable bonds is 9. The number of tetrazole rings is 1. The van der Waals surface area contributed by atoms with Gasteiger partial charge in [-0.3, -0.25) is 0 Å². The van der Waals surface area contributed by atoms with Crippen LogP contribution < -0.4 is 14.8 Å². The third-order valence-electron chi connectivity index (χ3n) is 5.18. The Labute approximate surface area is 200 Å². The number of halogens is 1. The van der Waals surface area contributed by atoms with E-state index in [9.17, 15) is 0 Å². The first kappa shape index (κ1) is 24.2. The van der Waals surface area contributed by atoms with E-state index in [1.54, 1.807) is 11.8 Å².